The molecule has 0 bridgehead atoms. The van der Waals surface area contributed by atoms with E-state index < -0.39 is 5.60 Å². The summed E-state index contributed by atoms with van der Waals surface area (Å²) in [7, 11) is 0. The number of ether oxygens (including phenoxy) is 2. The molecule has 1 N–H and O–H groups in total. The van der Waals surface area contributed by atoms with Crippen LogP contribution in [0.25, 0.3) is 11.2 Å². The molecule has 3 aromatic rings. The van der Waals surface area contributed by atoms with Crippen LogP contribution in [0.5, 0.6) is 5.75 Å². The Bertz CT molecular complexity index is 1310. The number of hydrogen-bond acceptors (Lipinski definition) is 6. The van der Waals surface area contributed by atoms with Crippen molar-refractivity contribution in [2.45, 2.75) is 45.3 Å². The molecule has 0 saturated carbocycles. The molecule has 0 radical (unpaired) electrons. The van der Waals surface area contributed by atoms with E-state index in [2.05, 4.69) is 15.4 Å². The molecule has 2 aliphatic rings. The molecular formula is C26H29N5O4. The summed E-state index contributed by atoms with van der Waals surface area (Å²) in [6.45, 7) is 7.11. The van der Waals surface area contributed by atoms with E-state index in [1.165, 1.54) is 0 Å². The number of aromatic nitrogens is 3. The number of para-hydroxylation sites is 1. The number of nitrogens with one attached hydrogen (secondary N) is 1. The largest absolute Gasteiger partial charge is 0.493 e. The Balaban J connectivity index is 1.29. The van der Waals surface area contributed by atoms with Crippen molar-refractivity contribution in [1.82, 2.24) is 24.8 Å². The third kappa shape index (κ3) is 4.99. The molecule has 4 heterocycles. The number of nitrogens with zero attached hydrogens (tertiary/aromatic N) is 4. The Hall–Kier alpha value is -3.88. The molecule has 0 unspecified atom stereocenters. The summed E-state index contributed by atoms with van der Waals surface area (Å²) >= 11 is 0. The van der Waals surface area contributed by atoms with Crippen LogP contribution in [0.3, 0.4) is 0 Å². The zero-order valence-electron chi connectivity index (χ0n) is 20.2. The average Bonchev–Trinajstić information content (AvgIpc) is 3.27. The van der Waals surface area contributed by atoms with Gasteiger partial charge in [-0.25, -0.2) is 14.3 Å². The predicted octanol–water partition coefficient (Wildman–Crippen LogP) is 4.01. The van der Waals surface area contributed by atoms with Crippen LogP contribution in [-0.2, 0) is 4.74 Å². The molecule has 9 nitrogen and oxygen atoms in total. The fourth-order valence-corrected chi connectivity index (χ4v) is 4.25. The number of rotatable bonds is 3. The van der Waals surface area contributed by atoms with E-state index in [1.807, 2.05) is 51.1 Å². The molecular weight excluding hydrogens is 446 g/mol. The van der Waals surface area contributed by atoms with Crippen LogP contribution in [0.15, 0.2) is 48.7 Å². The number of amides is 2. The van der Waals surface area contributed by atoms with Crippen LogP contribution in [-0.4, -0.2) is 56.8 Å². The van der Waals surface area contributed by atoms with Gasteiger partial charge in [0.15, 0.2) is 11.5 Å². The first-order chi connectivity index (χ1) is 16.8. The van der Waals surface area contributed by atoms with Crippen molar-refractivity contribution in [3.8, 4) is 5.75 Å². The molecule has 2 aliphatic heterocycles. The summed E-state index contributed by atoms with van der Waals surface area (Å²) in [6, 6.07) is 11.2. The summed E-state index contributed by atoms with van der Waals surface area (Å²) < 4.78 is 12.8. The molecule has 0 aliphatic carbocycles. The summed E-state index contributed by atoms with van der Waals surface area (Å²) in [5.41, 5.74) is 2.59. The number of hydrogen-bond donors (Lipinski definition) is 1. The molecule has 1 atom stereocenters. The Labute approximate surface area is 203 Å². The zero-order chi connectivity index (χ0) is 24.6. The van der Waals surface area contributed by atoms with Gasteiger partial charge in [-0.3, -0.25) is 4.79 Å². The van der Waals surface area contributed by atoms with Gasteiger partial charge in [-0.15, -0.1) is 5.10 Å². The lowest BCUT2D eigenvalue weighted by atomic mass is 10.0. The topological polar surface area (TPSA) is 98.1 Å². The van der Waals surface area contributed by atoms with Gasteiger partial charge in [0.05, 0.1) is 18.2 Å². The molecule has 0 fully saturated rings. The van der Waals surface area contributed by atoms with Crippen LogP contribution in [0.1, 0.15) is 61.4 Å². The fourth-order valence-electron chi connectivity index (χ4n) is 4.25. The van der Waals surface area contributed by atoms with Crippen molar-refractivity contribution in [1.29, 1.82) is 0 Å². The van der Waals surface area contributed by atoms with Crippen molar-refractivity contribution in [3.05, 3.63) is 65.6 Å². The van der Waals surface area contributed by atoms with Crippen molar-refractivity contribution in [3.63, 3.8) is 0 Å². The molecule has 5 rings (SSSR count). The third-order valence-electron chi connectivity index (χ3n) is 6.01. The quantitative estimate of drug-likeness (QED) is 0.615. The molecule has 1 aromatic carbocycles. The normalized spacial score (nSPS) is 17.9. The Morgan fingerprint density at radius 3 is 2.77 bits per heavy atom. The predicted molar refractivity (Wildman–Crippen MR) is 130 cm³/mol. The Morgan fingerprint density at radius 2 is 2.00 bits per heavy atom. The van der Waals surface area contributed by atoms with E-state index in [9.17, 15) is 9.59 Å². The molecule has 2 amide bonds. The number of fused-ring (bicyclic) bond motifs is 2. The van der Waals surface area contributed by atoms with Crippen LogP contribution >= 0.6 is 0 Å². The van der Waals surface area contributed by atoms with Gasteiger partial charge in [0.1, 0.15) is 11.4 Å². The standard InChI is InChI=1S/C26H29N5O4/c1-26(2,3)35-25(33)30-13-10-17(11-14-30)23-28-22-9-8-18(16-31(22)29-23)24(32)27-20-12-15-34-21-7-5-4-6-19(20)21/h4-10,16,20H,11-15H2,1-3H3,(H,27,32)/t20-/m0/s1. The fraction of sp³-hybridized carbons (Fsp3) is 0.385. The molecule has 0 saturated heterocycles. The van der Waals surface area contributed by atoms with Crippen molar-refractivity contribution in [2.24, 2.45) is 0 Å². The maximum Gasteiger partial charge on any atom is 0.410 e. The van der Waals surface area contributed by atoms with Gasteiger partial charge >= 0.3 is 6.09 Å². The molecule has 182 valence electrons. The lowest BCUT2D eigenvalue weighted by Gasteiger charge is -2.29. The van der Waals surface area contributed by atoms with Gasteiger partial charge in [0.2, 0.25) is 0 Å². The van der Waals surface area contributed by atoms with Crippen LogP contribution < -0.4 is 10.1 Å². The van der Waals surface area contributed by atoms with Gasteiger partial charge in [-0.1, -0.05) is 24.3 Å². The monoisotopic (exact) mass is 475 g/mol. The maximum absolute atomic E-state index is 13.0. The highest BCUT2D eigenvalue weighted by Crippen LogP contribution is 2.31. The van der Waals surface area contributed by atoms with Gasteiger partial charge in [0, 0.05) is 31.3 Å². The second kappa shape index (κ2) is 9.05. The van der Waals surface area contributed by atoms with Crippen molar-refractivity contribution in [2.75, 3.05) is 19.7 Å². The first-order valence-electron chi connectivity index (χ1n) is 11.8. The molecule has 35 heavy (non-hydrogen) atoms. The van der Waals surface area contributed by atoms with E-state index in [4.69, 9.17) is 9.47 Å². The smallest absolute Gasteiger partial charge is 0.410 e. The van der Waals surface area contributed by atoms with E-state index in [1.54, 1.807) is 27.7 Å². The molecule has 0 spiro atoms. The minimum Gasteiger partial charge on any atom is -0.493 e. The summed E-state index contributed by atoms with van der Waals surface area (Å²) in [6.07, 6.45) is 4.68. The average molecular weight is 476 g/mol. The van der Waals surface area contributed by atoms with Crippen LogP contribution in [0, 0.1) is 0 Å². The lowest BCUT2D eigenvalue weighted by Crippen LogP contribution is -2.39. The van der Waals surface area contributed by atoms with Crippen molar-refractivity contribution < 1.29 is 19.1 Å². The second-order valence-electron chi connectivity index (χ2n) is 9.76. The van der Waals surface area contributed by atoms with Gasteiger partial charge in [-0.05, 0) is 51.0 Å². The highest BCUT2D eigenvalue weighted by Gasteiger charge is 2.26. The number of benzene rings is 1. The van der Waals surface area contributed by atoms with Crippen molar-refractivity contribution >= 4 is 23.2 Å². The number of pyridine rings is 1. The SMILES string of the molecule is CC(C)(C)OC(=O)N1CC=C(c2nc3ccc(C(=O)N[C@H]4CCOc5ccccc54)cn3n2)CC1. The maximum atomic E-state index is 13.0. The van der Waals surface area contributed by atoms with Crippen LogP contribution in [0.2, 0.25) is 0 Å². The zero-order valence-corrected chi connectivity index (χ0v) is 20.2. The summed E-state index contributed by atoms with van der Waals surface area (Å²) in [5.74, 6) is 1.24. The highest BCUT2D eigenvalue weighted by atomic mass is 16.6. The molecule has 9 heteroatoms. The van der Waals surface area contributed by atoms with Gasteiger partial charge in [0.25, 0.3) is 5.91 Å². The Kier molecular flexibility index (Phi) is 5.92. The molecule has 2 aromatic heterocycles. The van der Waals surface area contributed by atoms with E-state index in [-0.39, 0.29) is 18.0 Å². The van der Waals surface area contributed by atoms with Gasteiger partial charge in [-0.2, -0.15) is 0 Å². The summed E-state index contributed by atoms with van der Waals surface area (Å²) in [5, 5.41) is 7.71. The van der Waals surface area contributed by atoms with E-state index in [0.29, 0.717) is 49.6 Å². The second-order valence-corrected chi connectivity index (χ2v) is 9.76. The van der Waals surface area contributed by atoms with E-state index >= 15 is 0 Å². The van der Waals surface area contributed by atoms with Gasteiger partial charge < -0.3 is 19.7 Å². The third-order valence-corrected chi connectivity index (χ3v) is 6.01. The first kappa shape index (κ1) is 22.9. The highest BCUT2D eigenvalue weighted by molar-refractivity contribution is 5.94. The number of carbonyl (C=O) groups is 2. The van der Waals surface area contributed by atoms with E-state index in [0.717, 1.165) is 16.9 Å². The first-order valence-corrected chi connectivity index (χ1v) is 11.8. The lowest BCUT2D eigenvalue weighted by molar-refractivity contribution is 0.0270. The minimum absolute atomic E-state index is 0.102. The number of carbonyl (C=O) groups excluding carboxylic acids is 2. The van der Waals surface area contributed by atoms with Crippen LogP contribution in [0.4, 0.5) is 4.79 Å². The summed E-state index contributed by atoms with van der Waals surface area (Å²) in [4.78, 5) is 31.6. The Morgan fingerprint density at radius 1 is 1.17 bits per heavy atom. The minimum atomic E-state index is -0.525.